The predicted octanol–water partition coefficient (Wildman–Crippen LogP) is 2.47. The largest absolute Gasteiger partial charge is 0.294 e. The number of nitro groups is 2. The summed E-state index contributed by atoms with van der Waals surface area (Å²) in [6.45, 7) is 1.90. The van der Waals surface area contributed by atoms with Crippen LogP contribution >= 0.6 is 0 Å². The van der Waals surface area contributed by atoms with Gasteiger partial charge in [0.05, 0.1) is 21.7 Å². The standard InChI is InChI=1S/C11H14N2O6S/c1-2-3-4-7-20(18,19)11-6-5-9(12(14)15)8-10(11)13(16)17/h5-6,8H,2-4,7H2,1H3. The van der Waals surface area contributed by atoms with Crippen molar-refractivity contribution in [2.75, 3.05) is 5.75 Å². The molecule has 0 spiro atoms. The molecule has 0 aliphatic rings. The van der Waals surface area contributed by atoms with Crippen molar-refractivity contribution in [3.05, 3.63) is 38.4 Å². The van der Waals surface area contributed by atoms with Crippen LogP contribution in [-0.4, -0.2) is 24.0 Å². The van der Waals surface area contributed by atoms with Gasteiger partial charge in [-0.2, -0.15) is 0 Å². The molecule has 0 aliphatic heterocycles. The van der Waals surface area contributed by atoms with Crippen molar-refractivity contribution in [2.45, 2.75) is 31.1 Å². The topological polar surface area (TPSA) is 120 Å². The zero-order valence-corrected chi connectivity index (χ0v) is 11.6. The fourth-order valence-corrected chi connectivity index (χ4v) is 3.21. The van der Waals surface area contributed by atoms with Crippen molar-refractivity contribution in [3.8, 4) is 0 Å². The average molecular weight is 302 g/mol. The molecule has 1 aromatic carbocycles. The molecule has 0 amide bonds. The number of nitro benzene ring substituents is 2. The van der Waals surface area contributed by atoms with Gasteiger partial charge >= 0.3 is 0 Å². The average Bonchev–Trinajstić information content (AvgIpc) is 2.38. The summed E-state index contributed by atoms with van der Waals surface area (Å²) in [5, 5.41) is 21.5. The molecule has 9 heteroatoms. The van der Waals surface area contributed by atoms with E-state index in [0.717, 1.165) is 18.6 Å². The second kappa shape index (κ2) is 6.42. The molecule has 0 aromatic heterocycles. The Morgan fingerprint density at radius 1 is 1.10 bits per heavy atom. The van der Waals surface area contributed by atoms with Gasteiger partial charge in [0.2, 0.25) is 0 Å². The lowest BCUT2D eigenvalue weighted by atomic mass is 10.3. The minimum atomic E-state index is -3.81. The first-order chi connectivity index (χ1) is 9.29. The van der Waals surface area contributed by atoms with Crippen LogP contribution in [0.3, 0.4) is 0 Å². The van der Waals surface area contributed by atoms with Crippen molar-refractivity contribution in [1.29, 1.82) is 0 Å². The summed E-state index contributed by atoms with van der Waals surface area (Å²) < 4.78 is 24.1. The van der Waals surface area contributed by atoms with Crippen LogP contribution in [0, 0.1) is 20.2 Å². The highest BCUT2D eigenvalue weighted by molar-refractivity contribution is 7.91. The Labute approximate surface area is 115 Å². The highest BCUT2D eigenvalue weighted by Crippen LogP contribution is 2.29. The van der Waals surface area contributed by atoms with Crippen molar-refractivity contribution in [2.24, 2.45) is 0 Å². The minimum absolute atomic E-state index is 0.209. The van der Waals surface area contributed by atoms with Crippen LogP contribution in [0.1, 0.15) is 26.2 Å². The monoisotopic (exact) mass is 302 g/mol. The summed E-state index contributed by atoms with van der Waals surface area (Å²) in [5.74, 6) is -0.209. The maximum Gasteiger partial charge on any atom is 0.294 e. The maximum atomic E-state index is 12.0. The fourth-order valence-electron chi connectivity index (χ4n) is 1.68. The van der Waals surface area contributed by atoms with Gasteiger partial charge in [0, 0.05) is 6.07 Å². The molecule has 8 nitrogen and oxygen atoms in total. The number of nitrogens with zero attached hydrogens (tertiary/aromatic N) is 2. The van der Waals surface area contributed by atoms with Gasteiger partial charge in [0.15, 0.2) is 9.84 Å². The summed E-state index contributed by atoms with van der Waals surface area (Å²) in [6.07, 6.45) is 1.91. The van der Waals surface area contributed by atoms with Crippen LogP contribution in [0.25, 0.3) is 0 Å². The Hall–Kier alpha value is -2.03. The number of sulfone groups is 1. The molecule has 110 valence electrons. The Morgan fingerprint density at radius 2 is 1.75 bits per heavy atom. The van der Waals surface area contributed by atoms with Crippen molar-refractivity contribution in [1.82, 2.24) is 0 Å². The number of benzene rings is 1. The van der Waals surface area contributed by atoms with E-state index in [1.54, 1.807) is 0 Å². The second-order valence-corrected chi connectivity index (χ2v) is 6.27. The van der Waals surface area contributed by atoms with Crippen LogP contribution in [0.15, 0.2) is 23.1 Å². The fraction of sp³-hybridized carbons (Fsp3) is 0.455. The second-order valence-electron chi connectivity index (χ2n) is 4.19. The first-order valence-corrected chi connectivity index (χ1v) is 7.60. The Bertz CT molecular complexity index is 626. The molecular weight excluding hydrogens is 288 g/mol. The van der Waals surface area contributed by atoms with E-state index in [4.69, 9.17) is 0 Å². The molecule has 1 aromatic rings. The van der Waals surface area contributed by atoms with Gasteiger partial charge in [0.1, 0.15) is 4.90 Å². The van der Waals surface area contributed by atoms with Gasteiger partial charge < -0.3 is 0 Å². The van der Waals surface area contributed by atoms with Gasteiger partial charge in [-0.1, -0.05) is 19.8 Å². The maximum absolute atomic E-state index is 12.0. The Kier molecular flexibility index (Phi) is 5.14. The van der Waals surface area contributed by atoms with Crippen LogP contribution in [0.2, 0.25) is 0 Å². The van der Waals surface area contributed by atoms with Crippen molar-refractivity contribution >= 4 is 21.2 Å². The first-order valence-electron chi connectivity index (χ1n) is 5.95. The third-order valence-corrected chi connectivity index (χ3v) is 4.54. The normalized spacial score (nSPS) is 11.2. The number of hydrogen-bond acceptors (Lipinski definition) is 6. The number of non-ortho nitro benzene ring substituents is 1. The molecule has 0 aliphatic carbocycles. The SMILES string of the molecule is CCCCCS(=O)(=O)c1ccc([N+](=O)[O-])cc1[N+](=O)[O-]. The molecule has 0 saturated heterocycles. The number of unbranched alkanes of at least 4 members (excludes halogenated alkanes) is 2. The van der Waals surface area contributed by atoms with E-state index in [0.29, 0.717) is 18.9 Å². The Balaban J connectivity index is 3.23. The van der Waals surface area contributed by atoms with Crippen molar-refractivity contribution in [3.63, 3.8) is 0 Å². The van der Waals surface area contributed by atoms with Crippen LogP contribution in [-0.2, 0) is 9.84 Å². The van der Waals surface area contributed by atoms with E-state index in [1.807, 2.05) is 6.92 Å². The van der Waals surface area contributed by atoms with E-state index in [2.05, 4.69) is 0 Å². The van der Waals surface area contributed by atoms with E-state index in [-0.39, 0.29) is 5.75 Å². The molecule has 1 rings (SSSR count). The predicted molar refractivity (Wildman–Crippen MR) is 71.3 cm³/mol. The summed E-state index contributed by atoms with van der Waals surface area (Å²) in [6, 6.07) is 2.56. The lowest BCUT2D eigenvalue weighted by Crippen LogP contribution is -2.10. The van der Waals surface area contributed by atoms with Crippen LogP contribution in [0.4, 0.5) is 11.4 Å². The molecule has 20 heavy (non-hydrogen) atoms. The lowest BCUT2D eigenvalue weighted by molar-refractivity contribution is -0.396. The van der Waals surface area contributed by atoms with Gasteiger partial charge in [-0.15, -0.1) is 0 Å². The van der Waals surface area contributed by atoms with Gasteiger partial charge in [-0.25, -0.2) is 8.42 Å². The first kappa shape index (κ1) is 16.0. The summed E-state index contributed by atoms with van der Waals surface area (Å²) >= 11 is 0. The van der Waals surface area contributed by atoms with Crippen LogP contribution in [0.5, 0.6) is 0 Å². The zero-order valence-electron chi connectivity index (χ0n) is 10.8. The highest BCUT2D eigenvalue weighted by atomic mass is 32.2. The Morgan fingerprint density at radius 3 is 2.25 bits per heavy atom. The van der Waals surface area contributed by atoms with Crippen molar-refractivity contribution < 1.29 is 18.3 Å². The molecule has 0 unspecified atom stereocenters. The van der Waals surface area contributed by atoms with Gasteiger partial charge in [-0.05, 0) is 12.5 Å². The molecule has 0 radical (unpaired) electrons. The van der Waals surface area contributed by atoms with E-state index < -0.39 is 36.0 Å². The van der Waals surface area contributed by atoms with E-state index in [9.17, 15) is 28.6 Å². The summed E-state index contributed by atoms with van der Waals surface area (Å²) in [4.78, 5) is 19.3. The summed E-state index contributed by atoms with van der Waals surface area (Å²) in [5.41, 5.74) is -1.26. The number of rotatable bonds is 7. The molecule has 0 atom stereocenters. The third kappa shape index (κ3) is 3.73. The molecule has 0 saturated carbocycles. The minimum Gasteiger partial charge on any atom is -0.258 e. The molecule has 0 heterocycles. The number of hydrogen-bond donors (Lipinski definition) is 0. The molecule has 0 N–H and O–H groups in total. The molecular formula is C11H14N2O6S. The zero-order chi connectivity index (χ0) is 15.3. The van der Waals surface area contributed by atoms with Gasteiger partial charge in [0.25, 0.3) is 11.4 Å². The lowest BCUT2D eigenvalue weighted by Gasteiger charge is -2.05. The quantitative estimate of drug-likeness (QED) is 0.433. The van der Waals surface area contributed by atoms with E-state index in [1.165, 1.54) is 0 Å². The smallest absolute Gasteiger partial charge is 0.258 e. The molecule has 0 fully saturated rings. The molecule has 0 bridgehead atoms. The third-order valence-electron chi connectivity index (χ3n) is 2.70. The highest BCUT2D eigenvalue weighted by Gasteiger charge is 2.28. The summed E-state index contributed by atoms with van der Waals surface area (Å²) in [7, 11) is -3.81. The van der Waals surface area contributed by atoms with Gasteiger partial charge in [-0.3, -0.25) is 20.2 Å². The van der Waals surface area contributed by atoms with E-state index >= 15 is 0 Å². The van der Waals surface area contributed by atoms with Crippen LogP contribution < -0.4 is 0 Å².